The molecule has 3 aromatic rings. The largest absolute Gasteiger partial charge is 0.367 e. The minimum Gasteiger partial charge on any atom is -0.367 e. The minimum absolute atomic E-state index is 0.392. The molecule has 2 heterocycles. The van der Waals surface area contributed by atoms with Gasteiger partial charge in [-0.2, -0.15) is 4.52 Å². The Morgan fingerprint density at radius 2 is 1.92 bits per heavy atom. The second-order valence-electron chi connectivity index (χ2n) is 7.01. The Kier molecular flexibility index (Phi) is 4.36. The number of likely N-dealkylation sites (N-methyl/N-ethyl adjacent to an activating group) is 1. The molecule has 4 rings (SSSR count). The summed E-state index contributed by atoms with van der Waals surface area (Å²) in [6, 6.07) is 15.0. The monoisotopic (exact) mass is 336 g/mol. The molecule has 2 aromatic heterocycles. The Balaban J connectivity index is 1.47. The van der Waals surface area contributed by atoms with E-state index in [0.29, 0.717) is 12.0 Å². The third-order valence-electron chi connectivity index (χ3n) is 4.79. The fourth-order valence-electron chi connectivity index (χ4n) is 3.04. The van der Waals surface area contributed by atoms with Gasteiger partial charge >= 0.3 is 0 Å². The smallest absolute Gasteiger partial charge is 0.178 e. The zero-order valence-corrected chi connectivity index (χ0v) is 14.8. The number of hydrogen-bond donors (Lipinski definition) is 1. The molecular formula is C19H24N6. The first-order valence-corrected chi connectivity index (χ1v) is 8.87. The molecule has 1 atom stereocenters. The van der Waals surface area contributed by atoms with Gasteiger partial charge in [0, 0.05) is 18.5 Å². The Bertz CT molecular complexity index is 838. The van der Waals surface area contributed by atoms with Crippen LogP contribution in [0.1, 0.15) is 30.1 Å². The van der Waals surface area contributed by atoms with Gasteiger partial charge in [-0.25, -0.2) is 0 Å². The first kappa shape index (κ1) is 16.0. The Morgan fingerprint density at radius 1 is 1.12 bits per heavy atom. The summed E-state index contributed by atoms with van der Waals surface area (Å²) in [5.41, 5.74) is 2.17. The summed E-state index contributed by atoms with van der Waals surface area (Å²) in [5, 5.41) is 16.7. The molecule has 1 aliphatic rings. The lowest BCUT2D eigenvalue weighted by atomic mass is 10.1. The van der Waals surface area contributed by atoms with Crippen molar-refractivity contribution in [2.24, 2.45) is 0 Å². The number of aromatic nitrogens is 4. The van der Waals surface area contributed by atoms with Crippen LogP contribution in [0.3, 0.4) is 0 Å². The zero-order valence-electron chi connectivity index (χ0n) is 14.8. The molecule has 1 N–H and O–H groups in total. The molecule has 0 bridgehead atoms. The maximum Gasteiger partial charge on any atom is 0.178 e. The van der Waals surface area contributed by atoms with Crippen LogP contribution in [0.15, 0.2) is 42.5 Å². The highest BCUT2D eigenvalue weighted by Crippen LogP contribution is 2.38. The molecule has 0 spiro atoms. The highest BCUT2D eigenvalue weighted by molar-refractivity contribution is 5.44. The van der Waals surface area contributed by atoms with Crippen LogP contribution < -0.4 is 5.32 Å². The lowest BCUT2D eigenvalue weighted by Crippen LogP contribution is -2.36. The third kappa shape index (κ3) is 3.64. The molecule has 1 aliphatic carbocycles. The van der Waals surface area contributed by atoms with E-state index >= 15 is 0 Å². The van der Waals surface area contributed by atoms with Gasteiger partial charge in [0.2, 0.25) is 0 Å². The normalized spacial score (nSPS) is 15.6. The molecule has 0 unspecified atom stereocenters. The summed E-state index contributed by atoms with van der Waals surface area (Å²) in [7, 11) is 4.24. The summed E-state index contributed by atoms with van der Waals surface area (Å²) in [6.45, 7) is 0.835. The van der Waals surface area contributed by atoms with E-state index in [4.69, 9.17) is 5.10 Å². The molecule has 0 aliphatic heterocycles. The van der Waals surface area contributed by atoms with Crippen LogP contribution >= 0.6 is 0 Å². The zero-order chi connectivity index (χ0) is 17.2. The number of nitrogens with zero attached hydrogens (tertiary/aromatic N) is 5. The maximum absolute atomic E-state index is 4.70. The Morgan fingerprint density at radius 3 is 2.64 bits per heavy atom. The van der Waals surface area contributed by atoms with E-state index in [2.05, 4.69) is 64.8 Å². The number of anilines is 1. The van der Waals surface area contributed by atoms with Gasteiger partial charge in [0.05, 0.1) is 0 Å². The van der Waals surface area contributed by atoms with Crippen molar-refractivity contribution in [3.8, 4) is 0 Å². The summed E-state index contributed by atoms with van der Waals surface area (Å²) in [4.78, 5) is 2.26. The van der Waals surface area contributed by atoms with E-state index in [0.717, 1.165) is 30.3 Å². The SMILES string of the molecule is CN(C)[C@@H](CNc1ccc2nnc(C3CC3)n2n1)Cc1ccccc1. The molecule has 130 valence electrons. The summed E-state index contributed by atoms with van der Waals surface area (Å²) in [5.74, 6) is 2.39. The van der Waals surface area contributed by atoms with Gasteiger partial charge in [0.25, 0.3) is 0 Å². The number of fused-ring (bicyclic) bond motifs is 1. The van der Waals surface area contributed by atoms with Gasteiger partial charge in [-0.3, -0.25) is 0 Å². The van der Waals surface area contributed by atoms with Gasteiger partial charge in [-0.05, 0) is 51.1 Å². The fraction of sp³-hybridized carbons (Fsp3) is 0.421. The van der Waals surface area contributed by atoms with Gasteiger partial charge < -0.3 is 10.2 Å². The van der Waals surface area contributed by atoms with Crippen molar-refractivity contribution < 1.29 is 0 Å². The number of nitrogens with one attached hydrogen (secondary N) is 1. The van der Waals surface area contributed by atoms with E-state index < -0.39 is 0 Å². The first-order chi connectivity index (χ1) is 12.2. The molecule has 1 saturated carbocycles. The highest BCUT2D eigenvalue weighted by Gasteiger charge is 2.29. The van der Waals surface area contributed by atoms with E-state index in [1.165, 1.54) is 18.4 Å². The molecule has 6 nitrogen and oxygen atoms in total. The fourth-order valence-corrected chi connectivity index (χ4v) is 3.04. The van der Waals surface area contributed by atoms with Crippen LogP contribution in [-0.2, 0) is 6.42 Å². The second-order valence-corrected chi connectivity index (χ2v) is 7.01. The average molecular weight is 336 g/mol. The van der Waals surface area contributed by atoms with Crippen LogP contribution in [0, 0.1) is 0 Å². The van der Waals surface area contributed by atoms with Gasteiger partial charge in [0.15, 0.2) is 11.5 Å². The van der Waals surface area contributed by atoms with Crippen molar-refractivity contribution in [2.75, 3.05) is 26.0 Å². The van der Waals surface area contributed by atoms with Gasteiger partial charge in [0.1, 0.15) is 5.82 Å². The molecule has 0 saturated heterocycles. The standard InChI is InChI=1S/C19H24N6/c1-24(2)16(12-14-6-4-3-5-7-14)13-20-17-10-11-18-21-22-19(15-8-9-15)25(18)23-17/h3-7,10-11,15-16H,8-9,12-13H2,1-2H3,(H,20,23)/t16-/m1/s1. The van der Waals surface area contributed by atoms with E-state index in [1.54, 1.807) is 0 Å². The second kappa shape index (κ2) is 6.80. The lowest BCUT2D eigenvalue weighted by molar-refractivity contribution is 0.303. The van der Waals surface area contributed by atoms with Crippen LogP contribution in [0.5, 0.6) is 0 Å². The molecule has 6 heteroatoms. The number of rotatable bonds is 7. The van der Waals surface area contributed by atoms with E-state index in [9.17, 15) is 0 Å². The molecule has 1 aromatic carbocycles. The summed E-state index contributed by atoms with van der Waals surface area (Å²) >= 11 is 0. The van der Waals surface area contributed by atoms with Crippen molar-refractivity contribution in [1.29, 1.82) is 0 Å². The predicted octanol–water partition coefficient (Wildman–Crippen LogP) is 2.59. The van der Waals surface area contributed by atoms with Crippen LogP contribution in [0.2, 0.25) is 0 Å². The minimum atomic E-state index is 0.392. The molecule has 25 heavy (non-hydrogen) atoms. The average Bonchev–Trinajstić information content (AvgIpc) is 3.38. The highest BCUT2D eigenvalue weighted by atomic mass is 15.4. The van der Waals surface area contributed by atoms with E-state index in [-0.39, 0.29) is 0 Å². The quantitative estimate of drug-likeness (QED) is 0.719. The van der Waals surface area contributed by atoms with Crippen molar-refractivity contribution in [3.63, 3.8) is 0 Å². The van der Waals surface area contributed by atoms with Crippen LogP contribution in [0.4, 0.5) is 5.82 Å². The summed E-state index contributed by atoms with van der Waals surface area (Å²) < 4.78 is 1.89. The lowest BCUT2D eigenvalue weighted by Gasteiger charge is -2.25. The Hall–Kier alpha value is -2.47. The van der Waals surface area contributed by atoms with Crippen molar-refractivity contribution in [3.05, 3.63) is 53.9 Å². The topological polar surface area (TPSA) is 58.3 Å². The first-order valence-electron chi connectivity index (χ1n) is 8.87. The van der Waals surface area contributed by atoms with Crippen LogP contribution in [0.25, 0.3) is 5.65 Å². The van der Waals surface area contributed by atoms with Gasteiger partial charge in [-0.15, -0.1) is 15.3 Å². The van der Waals surface area contributed by atoms with E-state index in [1.807, 2.05) is 16.6 Å². The van der Waals surface area contributed by atoms with Gasteiger partial charge in [-0.1, -0.05) is 30.3 Å². The summed E-state index contributed by atoms with van der Waals surface area (Å²) in [6.07, 6.45) is 3.39. The van der Waals surface area contributed by atoms with Crippen molar-refractivity contribution in [2.45, 2.75) is 31.2 Å². The van der Waals surface area contributed by atoms with Crippen molar-refractivity contribution >= 4 is 11.5 Å². The third-order valence-corrected chi connectivity index (χ3v) is 4.79. The predicted molar refractivity (Wildman–Crippen MR) is 98.9 cm³/mol. The molecule has 0 radical (unpaired) electrons. The maximum atomic E-state index is 4.70. The molecule has 1 fully saturated rings. The Labute approximate surface area is 147 Å². The van der Waals surface area contributed by atoms with Crippen LogP contribution in [-0.4, -0.2) is 51.4 Å². The number of benzene rings is 1. The number of hydrogen-bond acceptors (Lipinski definition) is 5. The molecule has 0 amide bonds. The van der Waals surface area contributed by atoms with Crippen molar-refractivity contribution in [1.82, 2.24) is 24.7 Å². The molecular weight excluding hydrogens is 312 g/mol.